The van der Waals surface area contributed by atoms with Gasteiger partial charge in [-0.3, -0.25) is 0 Å². The van der Waals surface area contributed by atoms with Crippen LogP contribution in [0.4, 0.5) is 0 Å². The zero-order valence-electron chi connectivity index (χ0n) is 4.13. The van der Waals surface area contributed by atoms with E-state index in [2.05, 4.69) is 2.81 Å². The molecule has 1 nitrogen and oxygen atoms in total. The van der Waals surface area contributed by atoms with Crippen molar-refractivity contribution in [2.24, 2.45) is 0 Å². The van der Waals surface area contributed by atoms with E-state index in [1.807, 2.05) is 0 Å². The van der Waals surface area contributed by atoms with Gasteiger partial charge in [0.25, 0.3) is 0 Å². The Labute approximate surface area is 64.1 Å². The second kappa shape index (κ2) is 2.94. The maximum atomic E-state index is 5.37. The van der Waals surface area contributed by atoms with E-state index in [4.69, 9.17) is 34.1 Å². The Morgan fingerprint density at radius 2 is 1.62 bits per heavy atom. The molecule has 0 atom stereocenters. The first kappa shape index (κ1) is 10.0. The van der Waals surface area contributed by atoms with Crippen LogP contribution in [-0.4, -0.2) is 6.61 Å². The van der Waals surface area contributed by atoms with Gasteiger partial charge >= 0.3 is 64.8 Å². The molecule has 0 bridgehead atoms. The molecule has 0 rings (SSSR count). The van der Waals surface area contributed by atoms with Crippen molar-refractivity contribution in [3.05, 3.63) is 0 Å². The van der Waals surface area contributed by atoms with Crippen molar-refractivity contribution in [2.45, 2.75) is 6.92 Å². The van der Waals surface area contributed by atoms with Crippen LogP contribution in [0.15, 0.2) is 0 Å². The SMILES string of the molecule is CC[O][Zr]([Cl])([Cl])([Cl])[Cl]. The van der Waals surface area contributed by atoms with Gasteiger partial charge in [0, 0.05) is 0 Å². The van der Waals surface area contributed by atoms with Crippen LogP contribution in [0.5, 0.6) is 0 Å². The van der Waals surface area contributed by atoms with E-state index in [9.17, 15) is 0 Å². The molecule has 0 aromatic heterocycles. The van der Waals surface area contributed by atoms with Gasteiger partial charge in [0.15, 0.2) is 0 Å². The Hall–Kier alpha value is 2.00. The van der Waals surface area contributed by atoms with E-state index >= 15 is 0 Å². The summed E-state index contributed by atoms with van der Waals surface area (Å²) in [6.45, 7) is 2.08. The zero-order chi connectivity index (χ0) is 6.86. The Balaban J connectivity index is 3.73. The van der Waals surface area contributed by atoms with E-state index in [-0.39, 0.29) is 0 Å². The summed E-state index contributed by atoms with van der Waals surface area (Å²) in [7, 11) is 21.5. The van der Waals surface area contributed by atoms with Crippen LogP contribution >= 0.6 is 34.1 Å². The van der Waals surface area contributed by atoms with Crippen LogP contribution in [0.3, 0.4) is 0 Å². The summed E-state index contributed by atoms with van der Waals surface area (Å²) >= 11 is -4.48. The molecule has 0 aliphatic carbocycles. The standard InChI is InChI=1S/C2H5O.4ClH.Zr/c1-2-3;;;;;/h2H2,1H3;4*1H;/q-1;;;;;+5/p-4. The number of hydrogen-bond donors (Lipinski definition) is 0. The number of rotatable bonds is 2. The molecule has 0 aliphatic rings. The Morgan fingerprint density at radius 3 is 1.62 bits per heavy atom. The minimum atomic E-state index is -4.48. The Bertz CT molecular complexity index is 76.5. The van der Waals surface area contributed by atoms with E-state index in [1.165, 1.54) is 0 Å². The molecule has 51 valence electrons. The third kappa shape index (κ3) is 8.00. The van der Waals surface area contributed by atoms with E-state index in [0.717, 1.165) is 0 Å². The van der Waals surface area contributed by atoms with Gasteiger partial charge in [-0.15, -0.1) is 0 Å². The fraction of sp³-hybridized carbons (Fsp3) is 1.00. The summed E-state index contributed by atoms with van der Waals surface area (Å²) in [5.41, 5.74) is 0. The topological polar surface area (TPSA) is 9.23 Å². The Morgan fingerprint density at radius 1 is 1.25 bits per heavy atom. The van der Waals surface area contributed by atoms with Crippen LogP contribution in [0.25, 0.3) is 0 Å². The van der Waals surface area contributed by atoms with Crippen LogP contribution in [0.1, 0.15) is 6.92 Å². The molecule has 0 unspecified atom stereocenters. The van der Waals surface area contributed by atoms with Crippen LogP contribution in [0.2, 0.25) is 0 Å². The molecule has 0 fully saturated rings. The maximum absolute atomic E-state index is 5.37. The van der Waals surface area contributed by atoms with Gasteiger partial charge in [0.05, 0.1) is 0 Å². The summed E-state index contributed by atoms with van der Waals surface area (Å²) < 4.78 is 4.69. The molecular formula is C2H5Cl4OZr. The van der Waals surface area contributed by atoms with Crippen molar-refractivity contribution in [1.29, 1.82) is 0 Å². The summed E-state index contributed by atoms with van der Waals surface area (Å²) in [6.07, 6.45) is 0. The predicted molar refractivity (Wildman–Crippen MR) is 35.0 cm³/mol. The van der Waals surface area contributed by atoms with Gasteiger partial charge in [-0.2, -0.15) is 0 Å². The van der Waals surface area contributed by atoms with Gasteiger partial charge in [-0.25, -0.2) is 0 Å². The fourth-order valence-electron chi connectivity index (χ4n) is 0.218. The van der Waals surface area contributed by atoms with Crippen molar-refractivity contribution < 1.29 is 17.3 Å². The van der Waals surface area contributed by atoms with Gasteiger partial charge in [0.2, 0.25) is 0 Å². The molecule has 0 saturated carbocycles. The van der Waals surface area contributed by atoms with Gasteiger partial charge in [-0.1, -0.05) is 0 Å². The summed E-state index contributed by atoms with van der Waals surface area (Å²) in [5, 5.41) is 0. The van der Waals surface area contributed by atoms with E-state index in [1.54, 1.807) is 6.92 Å². The molecule has 0 saturated heterocycles. The van der Waals surface area contributed by atoms with Crippen molar-refractivity contribution in [1.82, 2.24) is 0 Å². The molecule has 8 heavy (non-hydrogen) atoms. The molecule has 0 heterocycles. The monoisotopic (exact) mass is 275 g/mol. The average molecular weight is 278 g/mol. The third-order valence-electron chi connectivity index (χ3n) is 0.363. The minimum absolute atomic E-state index is 0.352. The average Bonchev–Trinajstić information content (AvgIpc) is 1.25. The Kier molecular flexibility index (Phi) is 3.68. The third-order valence-corrected chi connectivity index (χ3v) is 4.73. The van der Waals surface area contributed by atoms with E-state index in [0.29, 0.717) is 6.61 Å². The normalized spacial score (nSPS) is 17.4. The molecule has 0 N–H and O–H groups in total. The second-order valence-electron chi connectivity index (χ2n) is 1.17. The van der Waals surface area contributed by atoms with Gasteiger partial charge < -0.3 is 0 Å². The van der Waals surface area contributed by atoms with Crippen molar-refractivity contribution in [3.8, 4) is 0 Å². The summed E-state index contributed by atoms with van der Waals surface area (Å²) in [4.78, 5) is 0. The van der Waals surface area contributed by atoms with Crippen LogP contribution in [-0.2, 0) is 17.3 Å². The molecule has 0 amide bonds. The van der Waals surface area contributed by atoms with Gasteiger partial charge in [0.1, 0.15) is 0 Å². The molecule has 0 spiro atoms. The summed E-state index contributed by atoms with van der Waals surface area (Å²) in [5.74, 6) is 0. The summed E-state index contributed by atoms with van der Waals surface area (Å²) in [6, 6.07) is 0. The molecule has 0 aromatic carbocycles. The van der Waals surface area contributed by atoms with Crippen molar-refractivity contribution >= 4 is 34.1 Å². The molecule has 6 heteroatoms. The van der Waals surface area contributed by atoms with Crippen LogP contribution < -0.4 is 0 Å². The predicted octanol–water partition coefficient (Wildman–Crippen LogP) is 3.24. The molecular weight excluding hydrogens is 273 g/mol. The molecule has 0 aromatic rings. The first-order chi connectivity index (χ1) is 3.31. The van der Waals surface area contributed by atoms with Crippen LogP contribution in [0, 0.1) is 0 Å². The molecule has 0 aliphatic heterocycles. The quantitative estimate of drug-likeness (QED) is 0.753. The first-order valence-electron chi connectivity index (χ1n) is 1.96. The van der Waals surface area contributed by atoms with E-state index < -0.39 is 14.4 Å². The second-order valence-corrected chi connectivity index (χ2v) is 29.4. The number of hydrogen-bond acceptors (Lipinski definition) is 1. The zero-order valence-corrected chi connectivity index (χ0v) is 9.61. The van der Waals surface area contributed by atoms with Gasteiger partial charge in [-0.05, 0) is 0 Å². The van der Waals surface area contributed by atoms with Crippen molar-refractivity contribution in [2.75, 3.05) is 6.61 Å². The molecule has 0 radical (unpaired) electrons. The first-order valence-corrected chi connectivity index (χ1v) is 15.6. The number of halogens is 4. The fourth-order valence-corrected chi connectivity index (χ4v) is 3.87. The van der Waals surface area contributed by atoms with Crippen molar-refractivity contribution in [3.63, 3.8) is 0 Å².